The van der Waals surface area contributed by atoms with Gasteiger partial charge in [-0.15, -0.1) is 0 Å². The van der Waals surface area contributed by atoms with Gasteiger partial charge in [-0.25, -0.2) is 4.98 Å². The van der Waals surface area contributed by atoms with Crippen molar-refractivity contribution in [3.05, 3.63) is 53.9 Å². The molecule has 0 saturated heterocycles. The highest BCUT2D eigenvalue weighted by atomic mass is 16.5. The molecule has 2 aromatic heterocycles. The minimum absolute atomic E-state index is 0.346. The second-order valence-corrected chi connectivity index (χ2v) is 4.71. The highest BCUT2D eigenvalue weighted by molar-refractivity contribution is 5.55. The van der Waals surface area contributed by atoms with Crippen LogP contribution in [0.25, 0.3) is 11.4 Å². The summed E-state index contributed by atoms with van der Waals surface area (Å²) in [5.41, 5.74) is 9.07. The van der Waals surface area contributed by atoms with Crippen LogP contribution in [0.4, 0.5) is 0 Å². The molecule has 3 aromatic rings. The van der Waals surface area contributed by atoms with Crippen molar-refractivity contribution in [1.29, 1.82) is 0 Å². The Bertz CT molecular complexity index is 689. The second-order valence-electron chi connectivity index (χ2n) is 4.71. The fourth-order valence-electron chi connectivity index (χ4n) is 2.01. The zero-order valence-electron chi connectivity index (χ0n) is 11.1. The van der Waals surface area contributed by atoms with Gasteiger partial charge in [-0.1, -0.05) is 28.9 Å². The lowest BCUT2D eigenvalue weighted by Crippen LogP contribution is -2.13. The van der Waals surface area contributed by atoms with Crippen molar-refractivity contribution in [1.82, 2.24) is 20.1 Å². The molecule has 20 heavy (non-hydrogen) atoms. The van der Waals surface area contributed by atoms with E-state index in [9.17, 15) is 0 Å². The zero-order chi connectivity index (χ0) is 13.9. The summed E-state index contributed by atoms with van der Waals surface area (Å²) < 4.78 is 5.25. The quantitative estimate of drug-likeness (QED) is 0.755. The summed E-state index contributed by atoms with van der Waals surface area (Å²) in [6.07, 6.45) is 3.93. The first-order valence-electron chi connectivity index (χ1n) is 6.36. The number of nitrogens with two attached hydrogens (primary N) is 1. The Hall–Kier alpha value is -2.47. The molecule has 0 saturated carbocycles. The highest BCUT2D eigenvalue weighted by Gasteiger charge is 2.16. The Morgan fingerprint density at radius 3 is 3.05 bits per heavy atom. The molecule has 0 aliphatic rings. The van der Waals surface area contributed by atoms with Crippen LogP contribution in [0.1, 0.15) is 23.2 Å². The zero-order valence-corrected chi connectivity index (χ0v) is 11.1. The van der Waals surface area contributed by atoms with Crippen LogP contribution in [0.3, 0.4) is 0 Å². The van der Waals surface area contributed by atoms with E-state index in [0.29, 0.717) is 18.1 Å². The molecular formula is C14H15N5O. The fourth-order valence-corrected chi connectivity index (χ4v) is 2.01. The fraction of sp³-hybridized carbons (Fsp3) is 0.214. The largest absolute Gasteiger partial charge is 0.348 e. The summed E-state index contributed by atoms with van der Waals surface area (Å²) in [4.78, 5) is 11.3. The molecule has 6 nitrogen and oxygen atoms in total. The number of nitrogens with one attached hydrogen (secondary N) is 1. The average Bonchev–Trinajstić information content (AvgIpc) is 3.09. The molecule has 0 unspecified atom stereocenters. The van der Waals surface area contributed by atoms with Gasteiger partial charge < -0.3 is 15.2 Å². The Labute approximate surface area is 116 Å². The molecule has 0 bridgehead atoms. The molecular weight excluding hydrogens is 254 g/mol. The van der Waals surface area contributed by atoms with Crippen LogP contribution in [0.2, 0.25) is 0 Å². The second kappa shape index (κ2) is 5.26. The molecule has 6 heteroatoms. The molecule has 102 valence electrons. The van der Waals surface area contributed by atoms with Gasteiger partial charge in [0, 0.05) is 23.9 Å². The predicted molar refractivity (Wildman–Crippen MR) is 73.7 cm³/mol. The molecule has 3 rings (SSSR count). The van der Waals surface area contributed by atoms with Gasteiger partial charge in [0.2, 0.25) is 11.7 Å². The third-order valence-electron chi connectivity index (χ3n) is 3.03. The van der Waals surface area contributed by atoms with E-state index in [2.05, 4.69) is 20.1 Å². The number of rotatable bonds is 4. The number of hydrogen-bond donors (Lipinski definition) is 2. The van der Waals surface area contributed by atoms with Crippen molar-refractivity contribution in [2.75, 3.05) is 0 Å². The number of aryl methyl sites for hydroxylation is 1. The molecule has 0 aliphatic carbocycles. The topological polar surface area (TPSA) is 93.6 Å². The Balaban J connectivity index is 1.79. The minimum Gasteiger partial charge on any atom is -0.348 e. The van der Waals surface area contributed by atoms with Crippen LogP contribution < -0.4 is 5.73 Å². The van der Waals surface area contributed by atoms with Gasteiger partial charge in [-0.2, -0.15) is 4.98 Å². The molecule has 3 N–H and O–H groups in total. The molecule has 1 atom stereocenters. The van der Waals surface area contributed by atoms with Gasteiger partial charge in [0.1, 0.15) is 0 Å². The van der Waals surface area contributed by atoms with Gasteiger partial charge in [0.05, 0.1) is 12.4 Å². The number of benzene rings is 1. The molecule has 2 heterocycles. The van der Waals surface area contributed by atoms with Crippen LogP contribution in [-0.4, -0.2) is 20.1 Å². The third-order valence-corrected chi connectivity index (χ3v) is 3.03. The van der Waals surface area contributed by atoms with Crippen LogP contribution in [0.15, 0.2) is 41.3 Å². The summed E-state index contributed by atoms with van der Waals surface area (Å²) in [7, 11) is 0. The number of H-pyrrole nitrogens is 1. The monoisotopic (exact) mass is 269 g/mol. The number of aromatic amines is 1. The third kappa shape index (κ3) is 2.60. The lowest BCUT2D eigenvalue weighted by atomic mass is 10.1. The Morgan fingerprint density at radius 2 is 2.30 bits per heavy atom. The summed E-state index contributed by atoms with van der Waals surface area (Å²) in [5.74, 6) is 0.986. The van der Waals surface area contributed by atoms with E-state index in [1.54, 1.807) is 12.5 Å². The molecule has 0 radical (unpaired) electrons. The molecule has 0 spiro atoms. The lowest BCUT2D eigenvalue weighted by Gasteiger charge is -2.03. The predicted octanol–water partition coefficient (Wildman–Crippen LogP) is 2.01. The van der Waals surface area contributed by atoms with E-state index >= 15 is 0 Å². The van der Waals surface area contributed by atoms with Gasteiger partial charge >= 0.3 is 0 Å². The van der Waals surface area contributed by atoms with Crippen LogP contribution in [-0.2, 0) is 6.42 Å². The van der Waals surface area contributed by atoms with Crippen LogP contribution >= 0.6 is 0 Å². The van der Waals surface area contributed by atoms with Gasteiger partial charge in [-0.3, -0.25) is 0 Å². The molecule has 1 aromatic carbocycles. The molecule has 0 fully saturated rings. The van der Waals surface area contributed by atoms with Crippen molar-refractivity contribution >= 4 is 0 Å². The Kier molecular flexibility index (Phi) is 3.30. The smallest absolute Gasteiger partial charge is 0.244 e. The van der Waals surface area contributed by atoms with Crippen molar-refractivity contribution in [3.8, 4) is 11.4 Å². The number of aromatic nitrogens is 4. The van der Waals surface area contributed by atoms with Gasteiger partial charge in [-0.05, 0) is 13.0 Å². The summed E-state index contributed by atoms with van der Waals surface area (Å²) in [6, 6.07) is 7.60. The molecule has 0 aliphatic heterocycles. The Morgan fingerprint density at radius 1 is 1.40 bits per heavy atom. The van der Waals surface area contributed by atoms with E-state index in [4.69, 9.17) is 10.3 Å². The number of nitrogens with zero attached hydrogens (tertiary/aromatic N) is 3. The van der Waals surface area contributed by atoms with E-state index in [1.165, 1.54) is 0 Å². The first-order valence-corrected chi connectivity index (χ1v) is 6.36. The highest BCUT2D eigenvalue weighted by Crippen LogP contribution is 2.20. The number of imidazole rings is 1. The first kappa shape index (κ1) is 12.6. The van der Waals surface area contributed by atoms with Crippen molar-refractivity contribution in [3.63, 3.8) is 0 Å². The summed E-state index contributed by atoms with van der Waals surface area (Å²) in [5, 5.41) is 3.99. The summed E-state index contributed by atoms with van der Waals surface area (Å²) >= 11 is 0. The normalized spacial score (nSPS) is 12.5. The van der Waals surface area contributed by atoms with Crippen molar-refractivity contribution < 1.29 is 4.52 Å². The average molecular weight is 269 g/mol. The maximum absolute atomic E-state index is 6.06. The lowest BCUT2D eigenvalue weighted by molar-refractivity contribution is 0.354. The van der Waals surface area contributed by atoms with E-state index in [1.807, 2.05) is 31.2 Å². The van der Waals surface area contributed by atoms with E-state index in [-0.39, 0.29) is 6.04 Å². The standard InChI is InChI=1S/C14H15N5O/c1-9-3-2-4-10(5-9)13-18-14(20-19-13)12(15)6-11-7-16-8-17-11/h2-5,7-8,12H,6,15H2,1H3,(H,16,17)/t12-/m0/s1. The maximum Gasteiger partial charge on any atom is 0.244 e. The van der Waals surface area contributed by atoms with Gasteiger partial charge in [0.15, 0.2) is 0 Å². The van der Waals surface area contributed by atoms with Gasteiger partial charge in [0.25, 0.3) is 0 Å². The minimum atomic E-state index is -0.346. The van der Waals surface area contributed by atoms with Crippen LogP contribution in [0.5, 0.6) is 0 Å². The first-order chi connectivity index (χ1) is 9.72. The SMILES string of the molecule is Cc1cccc(-c2noc([C@@H](N)Cc3cnc[nH]3)n2)c1. The van der Waals surface area contributed by atoms with Crippen molar-refractivity contribution in [2.45, 2.75) is 19.4 Å². The number of hydrogen-bond acceptors (Lipinski definition) is 5. The van der Waals surface area contributed by atoms with E-state index in [0.717, 1.165) is 16.8 Å². The summed E-state index contributed by atoms with van der Waals surface area (Å²) in [6.45, 7) is 2.02. The maximum atomic E-state index is 6.06. The van der Waals surface area contributed by atoms with Crippen LogP contribution in [0, 0.1) is 6.92 Å². The molecule has 0 amide bonds. The van der Waals surface area contributed by atoms with E-state index < -0.39 is 0 Å². The van der Waals surface area contributed by atoms with Crippen molar-refractivity contribution in [2.24, 2.45) is 5.73 Å².